The molecule has 2 nitrogen and oxygen atoms in total. The van der Waals surface area contributed by atoms with Crippen LogP contribution >= 0.6 is 0 Å². The van der Waals surface area contributed by atoms with Crippen LogP contribution < -0.4 is 0 Å². The molecule has 2 heteroatoms. The zero-order chi connectivity index (χ0) is 11.4. The molecule has 2 aliphatic rings. The van der Waals surface area contributed by atoms with Gasteiger partial charge in [0, 0.05) is 18.6 Å². The van der Waals surface area contributed by atoms with E-state index in [1.165, 1.54) is 51.9 Å². The second-order valence-electron chi connectivity index (χ2n) is 5.41. The fraction of sp³-hybridized carbons (Fsp3) is 0.857. The van der Waals surface area contributed by atoms with Crippen LogP contribution in [0.1, 0.15) is 39.0 Å². The van der Waals surface area contributed by atoms with Crippen molar-refractivity contribution < 1.29 is 0 Å². The smallest absolute Gasteiger partial charge is 0.0223 e. The van der Waals surface area contributed by atoms with Crippen molar-refractivity contribution in [2.75, 3.05) is 26.2 Å². The second-order valence-corrected chi connectivity index (χ2v) is 5.41. The van der Waals surface area contributed by atoms with E-state index in [9.17, 15) is 0 Å². The maximum absolute atomic E-state index is 3.86. The average Bonchev–Trinajstić information content (AvgIpc) is 2.51. The van der Waals surface area contributed by atoms with Crippen molar-refractivity contribution in [3.63, 3.8) is 0 Å². The van der Waals surface area contributed by atoms with Gasteiger partial charge in [0.15, 0.2) is 0 Å². The molecule has 0 N–H and O–H groups in total. The number of rotatable bonds is 3. The van der Waals surface area contributed by atoms with Gasteiger partial charge >= 0.3 is 0 Å². The molecule has 0 aromatic rings. The molecule has 0 aliphatic carbocycles. The average molecular weight is 222 g/mol. The molecular formula is C14H26N2. The lowest BCUT2D eigenvalue weighted by Gasteiger charge is -2.36. The zero-order valence-electron chi connectivity index (χ0n) is 10.7. The van der Waals surface area contributed by atoms with Gasteiger partial charge in [-0.25, -0.2) is 0 Å². The lowest BCUT2D eigenvalue weighted by molar-refractivity contribution is 0.123. The van der Waals surface area contributed by atoms with E-state index in [4.69, 9.17) is 0 Å². The molecule has 0 bridgehead atoms. The summed E-state index contributed by atoms with van der Waals surface area (Å²) in [6, 6.07) is 1.52. The van der Waals surface area contributed by atoms with Gasteiger partial charge in [-0.15, -0.1) is 6.58 Å². The SMILES string of the molecule is C=CCC(C)N1CCCN2CCCCC2C1. The summed E-state index contributed by atoms with van der Waals surface area (Å²) >= 11 is 0. The molecule has 16 heavy (non-hydrogen) atoms. The Morgan fingerprint density at radius 2 is 2.06 bits per heavy atom. The Balaban J connectivity index is 1.93. The standard InChI is InChI=1S/C14H26N2/c1-3-7-13(2)16-11-6-10-15-9-5-4-8-14(15)12-16/h3,13-14H,1,4-12H2,2H3. The van der Waals surface area contributed by atoms with Gasteiger partial charge in [-0.1, -0.05) is 12.5 Å². The number of piperidine rings is 1. The first-order valence-electron chi connectivity index (χ1n) is 6.90. The van der Waals surface area contributed by atoms with Crippen molar-refractivity contribution in [1.29, 1.82) is 0 Å². The molecule has 0 saturated carbocycles. The van der Waals surface area contributed by atoms with E-state index in [1.807, 2.05) is 0 Å². The Labute approximate surface area is 100 Å². The normalized spacial score (nSPS) is 30.4. The van der Waals surface area contributed by atoms with Crippen molar-refractivity contribution in [3.05, 3.63) is 12.7 Å². The van der Waals surface area contributed by atoms with Gasteiger partial charge in [-0.05, 0) is 52.2 Å². The molecule has 92 valence electrons. The van der Waals surface area contributed by atoms with Crippen LogP contribution in [0.3, 0.4) is 0 Å². The zero-order valence-corrected chi connectivity index (χ0v) is 10.7. The van der Waals surface area contributed by atoms with E-state index in [-0.39, 0.29) is 0 Å². The Morgan fingerprint density at radius 1 is 1.25 bits per heavy atom. The quantitative estimate of drug-likeness (QED) is 0.677. The fourth-order valence-electron chi connectivity index (χ4n) is 3.19. The lowest BCUT2D eigenvalue weighted by atomic mass is 10.0. The van der Waals surface area contributed by atoms with E-state index < -0.39 is 0 Å². The predicted octanol–water partition coefficient (Wildman–Crippen LogP) is 2.51. The third-order valence-corrected chi connectivity index (χ3v) is 4.22. The number of hydrogen-bond acceptors (Lipinski definition) is 2. The minimum absolute atomic E-state index is 0.680. The van der Waals surface area contributed by atoms with Gasteiger partial charge in [0.1, 0.15) is 0 Å². The summed E-state index contributed by atoms with van der Waals surface area (Å²) in [6.07, 6.45) is 8.81. The molecule has 2 unspecified atom stereocenters. The molecule has 0 amide bonds. The first-order valence-corrected chi connectivity index (χ1v) is 6.90. The molecular weight excluding hydrogens is 196 g/mol. The lowest BCUT2D eigenvalue weighted by Crippen LogP contribution is -2.45. The second kappa shape index (κ2) is 5.83. The predicted molar refractivity (Wildman–Crippen MR) is 69.7 cm³/mol. The van der Waals surface area contributed by atoms with Crippen LogP contribution in [-0.2, 0) is 0 Å². The van der Waals surface area contributed by atoms with Gasteiger partial charge in [-0.3, -0.25) is 9.80 Å². The van der Waals surface area contributed by atoms with Crippen molar-refractivity contribution in [1.82, 2.24) is 9.80 Å². The molecule has 0 radical (unpaired) electrons. The first kappa shape index (κ1) is 12.1. The van der Waals surface area contributed by atoms with Crippen LogP contribution in [-0.4, -0.2) is 48.1 Å². The molecule has 2 atom stereocenters. The highest BCUT2D eigenvalue weighted by Gasteiger charge is 2.28. The van der Waals surface area contributed by atoms with Gasteiger partial charge < -0.3 is 0 Å². The highest BCUT2D eigenvalue weighted by atomic mass is 15.3. The summed E-state index contributed by atoms with van der Waals surface area (Å²) in [5.74, 6) is 0. The van der Waals surface area contributed by atoms with Crippen LogP contribution in [0, 0.1) is 0 Å². The molecule has 2 fully saturated rings. The third-order valence-electron chi connectivity index (χ3n) is 4.22. The summed E-state index contributed by atoms with van der Waals surface area (Å²) in [7, 11) is 0. The van der Waals surface area contributed by atoms with Crippen molar-refractivity contribution in [2.45, 2.75) is 51.1 Å². The highest BCUT2D eigenvalue weighted by Crippen LogP contribution is 2.22. The number of fused-ring (bicyclic) bond motifs is 1. The van der Waals surface area contributed by atoms with Crippen LogP contribution in [0.2, 0.25) is 0 Å². The molecule has 0 aromatic heterocycles. The third kappa shape index (κ3) is 2.86. The summed E-state index contributed by atoms with van der Waals surface area (Å²) < 4.78 is 0. The van der Waals surface area contributed by atoms with Crippen LogP contribution in [0.5, 0.6) is 0 Å². The van der Waals surface area contributed by atoms with Gasteiger partial charge in [0.2, 0.25) is 0 Å². The van der Waals surface area contributed by atoms with Gasteiger partial charge in [0.05, 0.1) is 0 Å². The van der Waals surface area contributed by atoms with Crippen molar-refractivity contribution >= 4 is 0 Å². The van der Waals surface area contributed by atoms with E-state index in [2.05, 4.69) is 29.4 Å². The molecule has 0 aromatic carbocycles. The van der Waals surface area contributed by atoms with Crippen LogP contribution in [0.25, 0.3) is 0 Å². The number of hydrogen-bond donors (Lipinski definition) is 0. The maximum Gasteiger partial charge on any atom is 0.0223 e. The number of nitrogens with zero attached hydrogens (tertiary/aromatic N) is 2. The molecule has 0 spiro atoms. The Bertz CT molecular complexity index is 227. The van der Waals surface area contributed by atoms with Gasteiger partial charge in [-0.2, -0.15) is 0 Å². The Morgan fingerprint density at radius 3 is 2.88 bits per heavy atom. The van der Waals surface area contributed by atoms with E-state index in [0.29, 0.717) is 6.04 Å². The largest absolute Gasteiger partial charge is 0.299 e. The van der Waals surface area contributed by atoms with Crippen LogP contribution in [0.15, 0.2) is 12.7 Å². The molecule has 2 rings (SSSR count). The highest BCUT2D eigenvalue weighted by molar-refractivity contribution is 4.86. The minimum Gasteiger partial charge on any atom is -0.299 e. The minimum atomic E-state index is 0.680. The first-order chi connectivity index (χ1) is 7.81. The molecule has 2 saturated heterocycles. The summed E-state index contributed by atoms with van der Waals surface area (Å²) in [5, 5.41) is 0. The van der Waals surface area contributed by atoms with Crippen LogP contribution in [0.4, 0.5) is 0 Å². The van der Waals surface area contributed by atoms with Crippen molar-refractivity contribution in [2.24, 2.45) is 0 Å². The summed E-state index contributed by atoms with van der Waals surface area (Å²) in [5.41, 5.74) is 0. The van der Waals surface area contributed by atoms with E-state index >= 15 is 0 Å². The fourth-order valence-corrected chi connectivity index (χ4v) is 3.19. The van der Waals surface area contributed by atoms with E-state index in [1.54, 1.807) is 0 Å². The Hall–Kier alpha value is -0.340. The van der Waals surface area contributed by atoms with Gasteiger partial charge in [0.25, 0.3) is 0 Å². The topological polar surface area (TPSA) is 6.48 Å². The summed E-state index contributed by atoms with van der Waals surface area (Å²) in [6.45, 7) is 11.4. The monoisotopic (exact) mass is 222 g/mol. The molecule has 2 aliphatic heterocycles. The Kier molecular flexibility index (Phi) is 4.42. The summed E-state index contributed by atoms with van der Waals surface area (Å²) in [4.78, 5) is 5.40. The van der Waals surface area contributed by atoms with E-state index in [0.717, 1.165) is 12.5 Å². The van der Waals surface area contributed by atoms with Crippen molar-refractivity contribution in [3.8, 4) is 0 Å². The maximum atomic E-state index is 3.86. The molecule has 2 heterocycles.